The van der Waals surface area contributed by atoms with Crippen molar-refractivity contribution >= 4 is 21.8 Å². The summed E-state index contributed by atoms with van der Waals surface area (Å²) in [5, 5.41) is 11.7. The van der Waals surface area contributed by atoms with E-state index in [0.717, 1.165) is 10.0 Å². The fraction of sp³-hybridized carbons (Fsp3) is 0.462. The quantitative estimate of drug-likeness (QED) is 0.279. The predicted octanol–water partition coefficient (Wildman–Crippen LogP) is 3.13. The lowest BCUT2D eigenvalue weighted by atomic mass is 9.88. The summed E-state index contributed by atoms with van der Waals surface area (Å²) < 4.78 is 6.64. The average molecular weight is 315 g/mol. The Morgan fingerprint density at radius 3 is 2.56 bits per heavy atom. The van der Waals surface area contributed by atoms with Crippen LogP contribution < -0.4 is 5.73 Å². The lowest BCUT2D eigenvalue weighted by Crippen LogP contribution is -2.33. The molecular weight excluding hydrogens is 296 g/mol. The summed E-state index contributed by atoms with van der Waals surface area (Å²) >= 11 is 3.39. The molecule has 5 heteroatoms. The molecule has 0 aromatic heterocycles. The highest BCUT2D eigenvalue weighted by Gasteiger charge is 2.23. The van der Waals surface area contributed by atoms with E-state index in [0.29, 0.717) is 19.6 Å². The van der Waals surface area contributed by atoms with Gasteiger partial charge in [-0.2, -0.15) is 0 Å². The van der Waals surface area contributed by atoms with Gasteiger partial charge in [0.25, 0.3) is 0 Å². The van der Waals surface area contributed by atoms with Crippen LogP contribution in [0.1, 0.15) is 25.8 Å². The Morgan fingerprint density at radius 2 is 2.00 bits per heavy atom. The number of oxime groups is 1. The van der Waals surface area contributed by atoms with Gasteiger partial charge in [-0.05, 0) is 24.1 Å². The lowest BCUT2D eigenvalue weighted by molar-refractivity contribution is 0.103. The maximum absolute atomic E-state index is 8.65. The summed E-state index contributed by atoms with van der Waals surface area (Å²) in [6.07, 6.45) is 0.708. The third kappa shape index (κ3) is 4.66. The van der Waals surface area contributed by atoms with Crippen LogP contribution in [0.15, 0.2) is 33.9 Å². The van der Waals surface area contributed by atoms with Crippen LogP contribution in [-0.2, 0) is 11.3 Å². The molecule has 1 rings (SSSR count). The Bertz CT molecular complexity index is 402. The fourth-order valence-electron chi connectivity index (χ4n) is 1.36. The highest BCUT2D eigenvalue weighted by Crippen LogP contribution is 2.20. The van der Waals surface area contributed by atoms with E-state index in [1.807, 2.05) is 38.1 Å². The van der Waals surface area contributed by atoms with Crippen LogP contribution in [0.2, 0.25) is 0 Å². The van der Waals surface area contributed by atoms with Crippen molar-refractivity contribution in [2.24, 2.45) is 16.3 Å². The molecule has 0 radical (unpaired) electrons. The second-order valence-corrected chi connectivity index (χ2v) is 5.71. The molecular formula is C13H19BrN2O2. The Labute approximate surface area is 116 Å². The Hall–Kier alpha value is -1.07. The van der Waals surface area contributed by atoms with Gasteiger partial charge in [0, 0.05) is 16.5 Å². The lowest BCUT2D eigenvalue weighted by Gasteiger charge is -2.22. The molecule has 18 heavy (non-hydrogen) atoms. The molecule has 0 aliphatic carbocycles. The van der Waals surface area contributed by atoms with Gasteiger partial charge in [0.1, 0.15) is 5.84 Å². The Kier molecular flexibility index (Phi) is 5.62. The van der Waals surface area contributed by atoms with Gasteiger partial charge in [0.15, 0.2) is 0 Å². The van der Waals surface area contributed by atoms with Gasteiger partial charge in [-0.25, -0.2) is 0 Å². The highest BCUT2D eigenvalue weighted by atomic mass is 79.9. The maximum Gasteiger partial charge on any atom is 0.144 e. The summed E-state index contributed by atoms with van der Waals surface area (Å²) in [7, 11) is 0. The molecule has 1 aromatic rings. The van der Waals surface area contributed by atoms with E-state index in [-0.39, 0.29) is 11.3 Å². The second kappa shape index (κ2) is 6.75. The summed E-state index contributed by atoms with van der Waals surface area (Å²) in [6, 6.07) is 8.00. The molecule has 100 valence electrons. The molecule has 0 bridgehead atoms. The van der Waals surface area contributed by atoms with Crippen molar-refractivity contribution in [1.82, 2.24) is 0 Å². The Morgan fingerprint density at radius 1 is 1.39 bits per heavy atom. The average Bonchev–Trinajstić information content (AvgIpc) is 2.35. The fourth-order valence-corrected chi connectivity index (χ4v) is 1.63. The minimum Gasteiger partial charge on any atom is -0.409 e. The molecule has 0 saturated heterocycles. The number of ether oxygens (including phenoxy) is 1. The van der Waals surface area contributed by atoms with Crippen LogP contribution in [0.5, 0.6) is 0 Å². The first kappa shape index (κ1) is 15.0. The zero-order chi connectivity index (χ0) is 13.6. The van der Waals surface area contributed by atoms with E-state index < -0.39 is 0 Å². The summed E-state index contributed by atoms with van der Waals surface area (Å²) in [6.45, 7) is 4.98. The molecule has 0 spiro atoms. The molecule has 3 N–H and O–H groups in total. The van der Waals surface area contributed by atoms with Gasteiger partial charge in [-0.15, -0.1) is 0 Å². The topological polar surface area (TPSA) is 67.8 Å². The zero-order valence-corrected chi connectivity index (χ0v) is 12.3. The minimum atomic E-state index is -0.353. The summed E-state index contributed by atoms with van der Waals surface area (Å²) in [5.41, 5.74) is 6.37. The summed E-state index contributed by atoms with van der Waals surface area (Å²) in [5.74, 6) is 0.231. The molecule has 0 fully saturated rings. The number of nitrogens with zero attached hydrogens (tertiary/aromatic N) is 1. The van der Waals surface area contributed by atoms with Crippen LogP contribution in [0.4, 0.5) is 0 Å². The molecule has 0 aliphatic heterocycles. The molecule has 0 atom stereocenters. The van der Waals surface area contributed by atoms with Crippen molar-refractivity contribution in [3.8, 4) is 0 Å². The van der Waals surface area contributed by atoms with Crippen LogP contribution >= 0.6 is 15.9 Å². The van der Waals surface area contributed by atoms with E-state index in [1.54, 1.807) is 0 Å². The molecule has 0 aliphatic rings. The predicted molar refractivity (Wildman–Crippen MR) is 75.6 cm³/mol. The van der Waals surface area contributed by atoms with Crippen LogP contribution in [0.3, 0.4) is 0 Å². The van der Waals surface area contributed by atoms with Crippen molar-refractivity contribution in [1.29, 1.82) is 0 Å². The van der Waals surface area contributed by atoms with Crippen LogP contribution in [0.25, 0.3) is 0 Å². The standard InChI is InChI=1S/C13H19BrN2O2/c1-13(2,12(15)16-17)7-8-18-9-10-3-5-11(14)6-4-10/h3-6,17H,7-9H2,1-2H3,(H2,15,16). The first-order valence-corrected chi connectivity index (χ1v) is 6.55. The Balaban J connectivity index is 2.33. The third-order valence-electron chi connectivity index (χ3n) is 2.85. The molecule has 1 aromatic carbocycles. The van der Waals surface area contributed by atoms with E-state index in [2.05, 4.69) is 21.1 Å². The number of benzene rings is 1. The largest absolute Gasteiger partial charge is 0.409 e. The van der Waals surface area contributed by atoms with Crippen molar-refractivity contribution in [2.75, 3.05) is 6.61 Å². The van der Waals surface area contributed by atoms with Gasteiger partial charge in [0.05, 0.1) is 6.61 Å². The maximum atomic E-state index is 8.65. The van der Waals surface area contributed by atoms with E-state index in [4.69, 9.17) is 15.7 Å². The number of nitrogens with two attached hydrogens (primary N) is 1. The third-order valence-corrected chi connectivity index (χ3v) is 3.38. The van der Waals surface area contributed by atoms with Crippen molar-refractivity contribution in [2.45, 2.75) is 26.9 Å². The number of rotatable bonds is 6. The van der Waals surface area contributed by atoms with Gasteiger partial charge < -0.3 is 15.7 Å². The van der Waals surface area contributed by atoms with Crippen molar-refractivity contribution < 1.29 is 9.94 Å². The first-order valence-electron chi connectivity index (χ1n) is 5.76. The van der Waals surface area contributed by atoms with Gasteiger partial charge in [-0.3, -0.25) is 0 Å². The number of halogens is 1. The second-order valence-electron chi connectivity index (χ2n) is 4.80. The number of hydrogen-bond donors (Lipinski definition) is 2. The highest BCUT2D eigenvalue weighted by molar-refractivity contribution is 9.10. The number of amidine groups is 1. The minimum absolute atomic E-state index is 0.231. The van der Waals surface area contributed by atoms with Crippen molar-refractivity contribution in [3.63, 3.8) is 0 Å². The summed E-state index contributed by atoms with van der Waals surface area (Å²) in [4.78, 5) is 0. The molecule has 4 nitrogen and oxygen atoms in total. The molecule has 0 saturated carbocycles. The number of hydrogen-bond acceptors (Lipinski definition) is 3. The van der Waals surface area contributed by atoms with Gasteiger partial charge in [0.2, 0.25) is 0 Å². The molecule has 0 unspecified atom stereocenters. The van der Waals surface area contributed by atoms with Crippen molar-refractivity contribution in [3.05, 3.63) is 34.3 Å². The zero-order valence-electron chi connectivity index (χ0n) is 10.7. The molecule has 0 amide bonds. The monoisotopic (exact) mass is 314 g/mol. The van der Waals surface area contributed by atoms with E-state index >= 15 is 0 Å². The van der Waals surface area contributed by atoms with Gasteiger partial charge >= 0.3 is 0 Å². The van der Waals surface area contributed by atoms with E-state index in [9.17, 15) is 0 Å². The van der Waals surface area contributed by atoms with Crippen LogP contribution in [-0.4, -0.2) is 17.6 Å². The van der Waals surface area contributed by atoms with Crippen LogP contribution in [0, 0.1) is 5.41 Å². The SMILES string of the molecule is CC(C)(CCOCc1ccc(Br)cc1)/C(N)=N/O. The van der Waals surface area contributed by atoms with E-state index in [1.165, 1.54) is 0 Å². The molecule has 0 heterocycles. The smallest absolute Gasteiger partial charge is 0.144 e. The normalized spacial score (nSPS) is 12.7. The first-order chi connectivity index (χ1) is 8.45. The van der Waals surface area contributed by atoms with Gasteiger partial charge in [-0.1, -0.05) is 47.1 Å².